The van der Waals surface area contributed by atoms with Gasteiger partial charge in [0, 0.05) is 5.56 Å². The Labute approximate surface area is 156 Å². The van der Waals surface area contributed by atoms with Gasteiger partial charge in [-0.1, -0.05) is 52.3 Å². The number of hydrogen-bond donors (Lipinski definition) is 0. The molecule has 4 nitrogen and oxygen atoms in total. The summed E-state index contributed by atoms with van der Waals surface area (Å²) < 4.78 is 70.8. The first-order valence-electron chi connectivity index (χ1n) is 7.85. The number of hydrogen-bond acceptors (Lipinski definition) is 3. The molecule has 0 saturated carbocycles. The standard InChI is InChI=1S/C19H15F2NO3S2/c20-16-13-11-15(12-14-16)19(21)26(23,17-7-3-1-4-8-17)22-27(24,25)18-9-5-2-6-10-18/h1-14,19H. The van der Waals surface area contributed by atoms with E-state index >= 15 is 4.39 Å². The fraction of sp³-hybridized carbons (Fsp3) is 0.0526. The SMILES string of the molecule is O=S(=O)(N=S(=O)(c1ccccc1)C(F)c1ccc(F)cc1)c1ccccc1. The van der Waals surface area contributed by atoms with Crippen molar-refractivity contribution in [1.29, 1.82) is 0 Å². The maximum atomic E-state index is 15.3. The van der Waals surface area contributed by atoms with Gasteiger partial charge >= 0.3 is 0 Å². The average Bonchev–Trinajstić information content (AvgIpc) is 2.69. The Kier molecular flexibility index (Phi) is 5.38. The van der Waals surface area contributed by atoms with Crippen molar-refractivity contribution in [1.82, 2.24) is 0 Å². The van der Waals surface area contributed by atoms with Crippen LogP contribution < -0.4 is 0 Å². The molecule has 0 aliphatic heterocycles. The second-order valence-corrected chi connectivity index (χ2v) is 9.65. The van der Waals surface area contributed by atoms with Crippen LogP contribution in [0.15, 0.2) is 98.5 Å². The highest BCUT2D eigenvalue weighted by molar-refractivity contribution is 8.03. The van der Waals surface area contributed by atoms with Crippen LogP contribution in [0.25, 0.3) is 0 Å². The predicted octanol–water partition coefficient (Wildman–Crippen LogP) is 4.71. The zero-order valence-electron chi connectivity index (χ0n) is 13.9. The van der Waals surface area contributed by atoms with Crippen molar-refractivity contribution in [2.45, 2.75) is 15.3 Å². The summed E-state index contributed by atoms with van der Waals surface area (Å²) in [6.45, 7) is 0. The molecule has 0 N–H and O–H groups in total. The Hall–Kier alpha value is -2.58. The summed E-state index contributed by atoms with van der Waals surface area (Å²) in [6.07, 6.45) is 0. The van der Waals surface area contributed by atoms with Crippen LogP contribution in [-0.2, 0) is 19.8 Å². The number of rotatable bonds is 5. The summed E-state index contributed by atoms with van der Waals surface area (Å²) in [6, 6.07) is 18.8. The van der Waals surface area contributed by atoms with Crippen molar-refractivity contribution in [2.24, 2.45) is 3.77 Å². The van der Waals surface area contributed by atoms with Crippen LogP contribution in [0.4, 0.5) is 8.78 Å². The lowest BCUT2D eigenvalue weighted by atomic mass is 10.2. The van der Waals surface area contributed by atoms with Crippen molar-refractivity contribution < 1.29 is 21.4 Å². The lowest BCUT2D eigenvalue weighted by molar-refractivity contribution is 0.449. The van der Waals surface area contributed by atoms with Crippen LogP contribution >= 0.6 is 0 Å². The Morgan fingerprint density at radius 3 is 1.70 bits per heavy atom. The first-order chi connectivity index (χ1) is 12.8. The molecule has 0 aliphatic rings. The molecular formula is C19H15F2NO3S2. The molecule has 0 heterocycles. The highest BCUT2D eigenvalue weighted by Gasteiger charge is 2.30. The van der Waals surface area contributed by atoms with E-state index in [1.807, 2.05) is 0 Å². The third kappa shape index (κ3) is 4.06. The smallest absolute Gasteiger partial charge is 0.240 e. The highest BCUT2D eigenvalue weighted by Crippen LogP contribution is 2.34. The normalized spacial score (nSPS) is 14.9. The lowest BCUT2D eigenvalue weighted by Gasteiger charge is -2.15. The second-order valence-electron chi connectivity index (χ2n) is 5.61. The topological polar surface area (TPSA) is 63.6 Å². The van der Waals surface area contributed by atoms with E-state index in [9.17, 15) is 17.0 Å². The molecule has 0 radical (unpaired) electrons. The van der Waals surface area contributed by atoms with Crippen LogP contribution in [0, 0.1) is 5.82 Å². The van der Waals surface area contributed by atoms with Gasteiger partial charge in [-0.3, -0.25) is 0 Å². The Bertz CT molecular complexity index is 1140. The fourth-order valence-corrected chi connectivity index (χ4v) is 6.37. The van der Waals surface area contributed by atoms with Crippen LogP contribution in [0.3, 0.4) is 0 Å². The number of halogens is 2. The van der Waals surface area contributed by atoms with Gasteiger partial charge in [0.05, 0.1) is 9.79 Å². The van der Waals surface area contributed by atoms with Crippen LogP contribution in [0.1, 0.15) is 11.1 Å². The van der Waals surface area contributed by atoms with Crippen LogP contribution in [0.5, 0.6) is 0 Å². The minimum Gasteiger partial charge on any atom is -0.240 e. The van der Waals surface area contributed by atoms with Gasteiger partial charge in [0.1, 0.15) is 15.5 Å². The summed E-state index contributed by atoms with van der Waals surface area (Å²) in [7, 11) is -8.46. The van der Waals surface area contributed by atoms with Gasteiger partial charge in [-0.2, -0.15) is 8.42 Å². The van der Waals surface area contributed by atoms with Gasteiger partial charge in [-0.05, 0) is 36.4 Å². The molecule has 0 amide bonds. The second kappa shape index (κ2) is 7.58. The van der Waals surface area contributed by atoms with E-state index in [4.69, 9.17) is 0 Å². The molecule has 0 bridgehead atoms. The van der Waals surface area contributed by atoms with Gasteiger partial charge in [-0.25, -0.2) is 13.0 Å². The molecule has 140 valence electrons. The minimum absolute atomic E-state index is 0.0682. The number of nitrogens with zero attached hydrogens (tertiary/aromatic N) is 1. The summed E-state index contributed by atoms with van der Waals surface area (Å²) >= 11 is 0. The molecule has 0 aliphatic carbocycles. The minimum atomic E-state index is -4.39. The summed E-state index contributed by atoms with van der Waals surface area (Å²) in [5.74, 6) is -0.592. The number of sulfonamides is 1. The molecule has 0 saturated heterocycles. The third-order valence-electron chi connectivity index (χ3n) is 3.74. The highest BCUT2D eigenvalue weighted by atomic mass is 32.3. The molecular weight excluding hydrogens is 392 g/mol. The maximum absolute atomic E-state index is 15.3. The molecule has 0 spiro atoms. The van der Waals surface area contributed by atoms with Crippen molar-refractivity contribution in [3.8, 4) is 0 Å². The van der Waals surface area contributed by atoms with Gasteiger partial charge in [0.2, 0.25) is 5.50 Å². The summed E-state index contributed by atoms with van der Waals surface area (Å²) in [4.78, 5) is -0.263. The number of alkyl halides is 1. The van der Waals surface area contributed by atoms with E-state index in [2.05, 4.69) is 3.77 Å². The molecule has 8 heteroatoms. The van der Waals surface area contributed by atoms with Gasteiger partial charge < -0.3 is 0 Å². The monoisotopic (exact) mass is 407 g/mol. The molecule has 3 aromatic rings. The molecule has 3 rings (SSSR count). The lowest BCUT2D eigenvalue weighted by Crippen LogP contribution is -2.13. The molecule has 2 atom stereocenters. The van der Waals surface area contributed by atoms with E-state index in [0.29, 0.717) is 0 Å². The predicted molar refractivity (Wildman–Crippen MR) is 99.2 cm³/mol. The van der Waals surface area contributed by atoms with E-state index < -0.39 is 31.1 Å². The Morgan fingerprint density at radius 2 is 1.19 bits per heavy atom. The van der Waals surface area contributed by atoms with Gasteiger partial charge in [-0.15, -0.1) is 0 Å². The van der Waals surface area contributed by atoms with E-state index in [0.717, 1.165) is 24.3 Å². The molecule has 0 aromatic heterocycles. The molecule has 0 fully saturated rings. The third-order valence-corrected chi connectivity index (χ3v) is 8.06. The zero-order chi connectivity index (χ0) is 19.5. The first-order valence-corrected chi connectivity index (χ1v) is 10.9. The Morgan fingerprint density at radius 1 is 0.704 bits per heavy atom. The maximum Gasteiger partial charge on any atom is 0.290 e. The largest absolute Gasteiger partial charge is 0.290 e. The summed E-state index contributed by atoms with van der Waals surface area (Å²) in [5.41, 5.74) is -2.39. The zero-order valence-corrected chi connectivity index (χ0v) is 15.5. The Balaban J connectivity index is 2.23. The van der Waals surface area contributed by atoms with Crippen molar-refractivity contribution >= 4 is 19.8 Å². The van der Waals surface area contributed by atoms with E-state index in [1.54, 1.807) is 12.1 Å². The van der Waals surface area contributed by atoms with E-state index in [-0.39, 0.29) is 15.4 Å². The van der Waals surface area contributed by atoms with Crippen molar-refractivity contribution in [3.05, 3.63) is 96.3 Å². The summed E-state index contributed by atoms with van der Waals surface area (Å²) in [5, 5.41) is 0. The van der Waals surface area contributed by atoms with Crippen LogP contribution in [-0.4, -0.2) is 12.6 Å². The number of benzene rings is 3. The van der Waals surface area contributed by atoms with Crippen molar-refractivity contribution in [3.63, 3.8) is 0 Å². The van der Waals surface area contributed by atoms with Crippen molar-refractivity contribution in [2.75, 3.05) is 0 Å². The fourth-order valence-electron chi connectivity index (χ4n) is 2.40. The van der Waals surface area contributed by atoms with Crippen LogP contribution in [0.2, 0.25) is 0 Å². The van der Waals surface area contributed by atoms with Gasteiger partial charge in [0.15, 0.2) is 0 Å². The average molecular weight is 407 g/mol. The first kappa shape index (κ1) is 19.2. The molecule has 27 heavy (non-hydrogen) atoms. The molecule has 2 unspecified atom stereocenters. The quantitative estimate of drug-likeness (QED) is 0.615. The van der Waals surface area contributed by atoms with Gasteiger partial charge in [0.25, 0.3) is 10.0 Å². The molecule has 3 aromatic carbocycles. The van der Waals surface area contributed by atoms with E-state index in [1.165, 1.54) is 48.5 Å².